The highest BCUT2D eigenvalue weighted by Crippen LogP contribution is 2.50. The summed E-state index contributed by atoms with van der Waals surface area (Å²) in [4.78, 5) is 25.4. The van der Waals surface area contributed by atoms with E-state index in [2.05, 4.69) is 6.08 Å². The number of hydrogen-bond acceptors (Lipinski definition) is 4. The molecule has 2 fully saturated rings. The second-order valence-electron chi connectivity index (χ2n) is 7.91. The molecule has 138 valence electrons. The van der Waals surface area contributed by atoms with Gasteiger partial charge in [-0.25, -0.2) is 4.79 Å². The maximum atomic E-state index is 12.8. The maximum Gasteiger partial charge on any atom is 0.338 e. The molecule has 1 saturated carbocycles. The van der Waals surface area contributed by atoms with E-state index in [1.54, 1.807) is 12.1 Å². The van der Waals surface area contributed by atoms with Gasteiger partial charge in [-0.1, -0.05) is 50.6 Å². The number of rotatable bonds is 3. The van der Waals surface area contributed by atoms with Crippen molar-refractivity contribution in [3.05, 3.63) is 48.0 Å². The van der Waals surface area contributed by atoms with Crippen molar-refractivity contribution < 1.29 is 19.1 Å². The summed E-state index contributed by atoms with van der Waals surface area (Å²) >= 11 is 0. The fourth-order valence-corrected chi connectivity index (χ4v) is 4.92. The first-order chi connectivity index (χ1) is 12.5. The molecule has 0 spiro atoms. The fraction of sp³-hybridized carbons (Fsp3) is 0.545. The van der Waals surface area contributed by atoms with Gasteiger partial charge in [0, 0.05) is 17.8 Å². The van der Waals surface area contributed by atoms with E-state index < -0.39 is 5.60 Å². The van der Waals surface area contributed by atoms with E-state index in [4.69, 9.17) is 9.47 Å². The van der Waals surface area contributed by atoms with E-state index in [9.17, 15) is 9.59 Å². The molecule has 0 aromatic heterocycles. The van der Waals surface area contributed by atoms with Crippen LogP contribution in [0.5, 0.6) is 0 Å². The zero-order chi connectivity index (χ0) is 18.3. The van der Waals surface area contributed by atoms with Crippen LogP contribution in [0.4, 0.5) is 0 Å². The number of ether oxygens (including phenoxy) is 2. The number of ketones is 1. The van der Waals surface area contributed by atoms with Crippen molar-refractivity contribution in [3.8, 4) is 0 Å². The first-order valence-electron chi connectivity index (χ1n) is 9.70. The lowest BCUT2D eigenvalue weighted by Crippen LogP contribution is -2.57. The van der Waals surface area contributed by atoms with Gasteiger partial charge in [-0.2, -0.15) is 0 Å². The van der Waals surface area contributed by atoms with E-state index in [1.807, 2.05) is 38.1 Å². The molecule has 4 heteroatoms. The highest BCUT2D eigenvalue weighted by atomic mass is 16.6. The molecule has 1 saturated heterocycles. The summed E-state index contributed by atoms with van der Waals surface area (Å²) in [6.07, 6.45) is 7.60. The summed E-state index contributed by atoms with van der Waals surface area (Å²) in [5.41, 5.74) is -0.0625. The summed E-state index contributed by atoms with van der Waals surface area (Å²) < 4.78 is 12.3. The molecule has 2 aliphatic heterocycles. The first-order valence-corrected chi connectivity index (χ1v) is 9.70. The van der Waals surface area contributed by atoms with Gasteiger partial charge in [0.1, 0.15) is 17.5 Å². The average molecular weight is 354 g/mol. The monoisotopic (exact) mass is 354 g/mol. The van der Waals surface area contributed by atoms with Crippen LogP contribution in [0.1, 0.15) is 49.9 Å². The van der Waals surface area contributed by atoms with E-state index in [-0.39, 0.29) is 41.7 Å². The number of carbonyl (C=O) groups excluding carboxylic acids is 2. The van der Waals surface area contributed by atoms with Crippen LogP contribution in [-0.2, 0) is 14.3 Å². The molecule has 3 aliphatic rings. The average Bonchev–Trinajstić information content (AvgIpc) is 3.10. The predicted octanol–water partition coefficient (Wildman–Crippen LogP) is 3.95. The van der Waals surface area contributed by atoms with Crippen LogP contribution in [0, 0.1) is 17.8 Å². The molecule has 6 atom stereocenters. The van der Waals surface area contributed by atoms with Crippen molar-refractivity contribution in [2.45, 2.75) is 57.3 Å². The van der Waals surface area contributed by atoms with Gasteiger partial charge in [0.25, 0.3) is 0 Å². The van der Waals surface area contributed by atoms with Crippen molar-refractivity contribution in [2.24, 2.45) is 17.8 Å². The van der Waals surface area contributed by atoms with Gasteiger partial charge in [-0.05, 0) is 31.4 Å². The number of hydrogen-bond donors (Lipinski definition) is 0. The molecule has 0 amide bonds. The third-order valence-corrected chi connectivity index (χ3v) is 6.48. The van der Waals surface area contributed by atoms with Gasteiger partial charge in [-0.3, -0.25) is 4.79 Å². The van der Waals surface area contributed by atoms with E-state index in [1.165, 1.54) is 0 Å². The lowest BCUT2D eigenvalue weighted by Gasteiger charge is -2.49. The van der Waals surface area contributed by atoms with Crippen molar-refractivity contribution >= 4 is 11.8 Å². The van der Waals surface area contributed by atoms with E-state index in [0.29, 0.717) is 5.56 Å². The lowest BCUT2D eigenvalue weighted by molar-refractivity contribution is -0.182. The third-order valence-electron chi connectivity index (χ3n) is 6.48. The molecule has 0 radical (unpaired) electrons. The summed E-state index contributed by atoms with van der Waals surface area (Å²) in [7, 11) is 0. The van der Waals surface area contributed by atoms with Crippen molar-refractivity contribution in [1.29, 1.82) is 0 Å². The molecule has 0 N–H and O–H groups in total. The zero-order valence-corrected chi connectivity index (χ0v) is 15.4. The molecule has 1 aromatic rings. The Morgan fingerprint density at radius 2 is 1.88 bits per heavy atom. The standard InChI is InChI=1S/C22H26O4/c1-14-18-12-13-22(26-18,15(2)20(14)23)17-10-6-7-11-19(17)25-21(24)16-8-4-3-5-9-16/h3-5,8-9,12-15,17-19H,6-7,10-11H2,1-2H3/t14-,15-,17+,18+,19+,22-/m0/s1. The van der Waals surface area contributed by atoms with Crippen LogP contribution >= 0.6 is 0 Å². The Morgan fingerprint density at radius 3 is 2.65 bits per heavy atom. The summed E-state index contributed by atoms with van der Waals surface area (Å²) in [5, 5.41) is 0. The van der Waals surface area contributed by atoms with Crippen LogP contribution in [0.25, 0.3) is 0 Å². The summed E-state index contributed by atoms with van der Waals surface area (Å²) in [5.74, 6) is -0.332. The highest BCUT2D eigenvalue weighted by Gasteiger charge is 2.58. The molecule has 4 rings (SSSR count). The van der Waals surface area contributed by atoms with Gasteiger partial charge >= 0.3 is 5.97 Å². The minimum atomic E-state index is -0.629. The van der Waals surface area contributed by atoms with Crippen LogP contribution in [0.15, 0.2) is 42.5 Å². The van der Waals surface area contributed by atoms with Gasteiger partial charge in [0.05, 0.1) is 11.7 Å². The SMILES string of the molecule is C[C@@H]1C(=O)[C@H](C)[C@]2([C@@H]3CCCC[C@H]3OC(=O)c3ccccc3)C=C[C@H]1O2. The van der Waals surface area contributed by atoms with Crippen LogP contribution in [-0.4, -0.2) is 29.6 Å². The highest BCUT2D eigenvalue weighted by molar-refractivity contribution is 5.89. The quantitative estimate of drug-likeness (QED) is 0.609. The van der Waals surface area contributed by atoms with Gasteiger partial charge in [0.15, 0.2) is 0 Å². The molecular formula is C22H26O4. The van der Waals surface area contributed by atoms with Crippen molar-refractivity contribution in [1.82, 2.24) is 0 Å². The Hall–Kier alpha value is -1.94. The smallest absolute Gasteiger partial charge is 0.338 e. The molecule has 26 heavy (non-hydrogen) atoms. The first kappa shape index (κ1) is 17.5. The van der Waals surface area contributed by atoms with Crippen LogP contribution < -0.4 is 0 Å². The maximum absolute atomic E-state index is 12.8. The topological polar surface area (TPSA) is 52.6 Å². The van der Waals surface area contributed by atoms with Crippen LogP contribution in [0.3, 0.4) is 0 Å². The fourth-order valence-electron chi connectivity index (χ4n) is 4.92. The van der Waals surface area contributed by atoms with E-state index in [0.717, 1.165) is 25.7 Å². The molecule has 1 aromatic carbocycles. The normalized spacial score (nSPS) is 39.0. The zero-order valence-electron chi connectivity index (χ0n) is 15.4. The number of benzene rings is 1. The molecule has 1 aliphatic carbocycles. The minimum absolute atomic E-state index is 0.0246. The predicted molar refractivity (Wildman–Crippen MR) is 97.7 cm³/mol. The number of esters is 1. The number of carbonyl (C=O) groups is 2. The van der Waals surface area contributed by atoms with Crippen LogP contribution in [0.2, 0.25) is 0 Å². The third kappa shape index (κ3) is 2.71. The minimum Gasteiger partial charge on any atom is -0.458 e. The largest absolute Gasteiger partial charge is 0.458 e. The van der Waals surface area contributed by atoms with Crippen molar-refractivity contribution in [3.63, 3.8) is 0 Å². The van der Waals surface area contributed by atoms with Gasteiger partial charge < -0.3 is 9.47 Å². The Labute approximate surface area is 154 Å². The lowest BCUT2D eigenvalue weighted by atomic mass is 9.67. The Morgan fingerprint density at radius 1 is 1.15 bits per heavy atom. The molecular weight excluding hydrogens is 328 g/mol. The second-order valence-corrected chi connectivity index (χ2v) is 7.91. The molecule has 2 heterocycles. The van der Waals surface area contributed by atoms with E-state index >= 15 is 0 Å². The van der Waals surface area contributed by atoms with Gasteiger partial charge in [-0.15, -0.1) is 0 Å². The summed E-state index contributed by atoms with van der Waals surface area (Å²) in [6, 6.07) is 9.10. The molecule has 2 bridgehead atoms. The number of fused-ring (bicyclic) bond motifs is 2. The second kappa shape index (κ2) is 6.66. The van der Waals surface area contributed by atoms with Gasteiger partial charge in [0.2, 0.25) is 0 Å². The Balaban J connectivity index is 1.59. The van der Waals surface area contributed by atoms with Crippen molar-refractivity contribution in [2.75, 3.05) is 0 Å². The Bertz CT molecular complexity index is 725. The number of Topliss-reactive ketones (excluding diaryl/α,β-unsaturated/α-hetero) is 1. The molecule has 4 nitrogen and oxygen atoms in total. The summed E-state index contributed by atoms with van der Waals surface area (Å²) in [6.45, 7) is 3.91. The molecule has 0 unspecified atom stereocenters. The Kier molecular flexibility index (Phi) is 4.47.